The number of rotatable bonds is 4. The third-order valence-corrected chi connectivity index (χ3v) is 3.32. The van der Waals surface area contributed by atoms with Crippen LogP contribution in [0.4, 0.5) is 8.78 Å². The van der Waals surface area contributed by atoms with Gasteiger partial charge in [-0.25, -0.2) is 8.78 Å². The summed E-state index contributed by atoms with van der Waals surface area (Å²) >= 11 is 0. The Balaban J connectivity index is 2.45. The van der Waals surface area contributed by atoms with Crippen LogP contribution in [0.3, 0.4) is 0 Å². The van der Waals surface area contributed by atoms with Gasteiger partial charge in [0.05, 0.1) is 14.2 Å². The van der Waals surface area contributed by atoms with Crippen LogP contribution >= 0.6 is 0 Å². The Labute approximate surface area is 121 Å². The second kappa shape index (κ2) is 6.10. The first kappa shape index (κ1) is 15.3. The van der Waals surface area contributed by atoms with Crippen LogP contribution < -0.4 is 9.47 Å². The quantitative estimate of drug-likeness (QED) is 0.939. The second-order valence-corrected chi connectivity index (χ2v) is 4.62. The molecule has 0 saturated heterocycles. The maximum Gasteiger partial charge on any atom is 0.165 e. The van der Waals surface area contributed by atoms with Gasteiger partial charge in [0.1, 0.15) is 6.10 Å². The zero-order valence-corrected chi connectivity index (χ0v) is 12.0. The predicted molar refractivity (Wildman–Crippen MR) is 74.7 cm³/mol. The molecule has 3 nitrogen and oxygen atoms in total. The van der Waals surface area contributed by atoms with Crippen LogP contribution in [-0.4, -0.2) is 19.3 Å². The number of aliphatic hydroxyl groups excluding tert-OH is 1. The van der Waals surface area contributed by atoms with Gasteiger partial charge < -0.3 is 14.6 Å². The first-order valence-corrected chi connectivity index (χ1v) is 6.34. The van der Waals surface area contributed by atoms with E-state index in [1.54, 1.807) is 12.1 Å². The number of ether oxygens (including phenoxy) is 2. The third kappa shape index (κ3) is 2.83. The van der Waals surface area contributed by atoms with Gasteiger partial charge in [-0.3, -0.25) is 0 Å². The van der Waals surface area contributed by atoms with Crippen LogP contribution in [0, 0.1) is 18.6 Å². The largest absolute Gasteiger partial charge is 0.493 e. The average Bonchev–Trinajstić information content (AvgIpc) is 2.51. The maximum atomic E-state index is 13.9. The number of methoxy groups -OCH3 is 2. The summed E-state index contributed by atoms with van der Waals surface area (Å²) in [6.07, 6.45) is -1.29. The molecule has 1 atom stereocenters. The van der Waals surface area contributed by atoms with Gasteiger partial charge in [-0.15, -0.1) is 0 Å². The van der Waals surface area contributed by atoms with Gasteiger partial charge in [0.15, 0.2) is 23.1 Å². The van der Waals surface area contributed by atoms with E-state index in [0.717, 1.165) is 0 Å². The van der Waals surface area contributed by atoms with E-state index in [-0.39, 0.29) is 11.1 Å². The second-order valence-electron chi connectivity index (χ2n) is 4.62. The summed E-state index contributed by atoms with van der Waals surface area (Å²) in [5, 5.41) is 10.3. The van der Waals surface area contributed by atoms with Crippen LogP contribution in [0.1, 0.15) is 22.8 Å². The van der Waals surface area contributed by atoms with Crippen molar-refractivity contribution in [3.05, 3.63) is 58.7 Å². The lowest BCUT2D eigenvalue weighted by Gasteiger charge is -2.16. The van der Waals surface area contributed by atoms with Crippen LogP contribution in [0.5, 0.6) is 11.5 Å². The van der Waals surface area contributed by atoms with E-state index in [1.165, 1.54) is 39.3 Å². The SMILES string of the molecule is COc1ccc(C(O)c2ccc(C)c(F)c2F)cc1OC. The Morgan fingerprint density at radius 2 is 1.62 bits per heavy atom. The number of hydrogen-bond acceptors (Lipinski definition) is 3. The molecule has 112 valence electrons. The zero-order valence-electron chi connectivity index (χ0n) is 12.0. The van der Waals surface area contributed by atoms with Gasteiger partial charge in [-0.2, -0.15) is 0 Å². The Hall–Kier alpha value is -2.14. The lowest BCUT2D eigenvalue weighted by Crippen LogP contribution is -2.06. The average molecular weight is 294 g/mol. The van der Waals surface area contributed by atoms with Gasteiger partial charge in [0.2, 0.25) is 0 Å². The van der Waals surface area contributed by atoms with E-state index in [1.807, 2.05) is 0 Å². The molecule has 0 bridgehead atoms. The highest BCUT2D eigenvalue weighted by molar-refractivity contribution is 5.45. The Bertz CT molecular complexity index is 656. The smallest absolute Gasteiger partial charge is 0.165 e. The van der Waals surface area contributed by atoms with Gasteiger partial charge in [-0.05, 0) is 30.2 Å². The summed E-state index contributed by atoms with van der Waals surface area (Å²) < 4.78 is 37.8. The minimum Gasteiger partial charge on any atom is -0.493 e. The molecule has 0 radical (unpaired) electrons. The number of aryl methyl sites for hydroxylation is 1. The minimum atomic E-state index is -1.29. The molecular weight excluding hydrogens is 278 g/mol. The molecule has 5 heteroatoms. The van der Waals surface area contributed by atoms with Crippen molar-refractivity contribution < 1.29 is 23.4 Å². The van der Waals surface area contributed by atoms with Crippen molar-refractivity contribution in [3.63, 3.8) is 0 Å². The predicted octanol–water partition coefficient (Wildman–Crippen LogP) is 3.37. The van der Waals surface area contributed by atoms with Gasteiger partial charge in [0, 0.05) is 5.56 Å². The van der Waals surface area contributed by atoms with Crippen molar-refractivity contribution in [2.45, 2.75) is 13.0 Å². The molecule has 0 saturated carbocycles. The van der Waals surface area contributed by atoms with E-state index >= 15 is 0 Å². The molecule has 2 aromatic rings. The molecule has 2 aromatic carbocycles. The van der Waals surface area contributed by atoms with Gasteiger partial charge in [-0.1, -0.05) is 18.2 Å². The highest BCUT2D eigenvalue weighted by Gasteiger charge is 2.20. The maximum absolute atomic E-state index is 13.9. The summed E-state index contributed by atoms with van der Waals surface area (Å²) in [6, 6.07) is 7.50. The van der Waals surface area contributed by atoms with Gasteiger partial charge >= 0.3 is 0 Å². The van der Waals surface area contributed by atoms with Crippen molar-refractivity contribution in [1.29, 1.82) is 0 Å². The van der Waals surface area contributed by atoms with Crippen LogP contribution in [0.15, 0.2) is 30.3 Å². The molecule has 0 heterocycles. The van der Waals surface area contributed by atoms with Crippen LogP contribution in [0.2, 0.25) is 0 Å². The number of benzene rings is 2. The first-order valence-electron chi connectivity index (χ1n) is 6.34. The standard InChI is InChI=1S/C16H16F2O3/c1-9-4-6-11(15(18)14(9)17)16(19)10-5-7-12(20-2)13(8-10)21-3/h4-8,16,19H,1-3H3. The van der Waals surface area contributed by atoms with E-state index in [0.29, 0.717) is 17.1 Å². The molecule has 2 rings (SSSR count). The van der Waals surface area contributed by atoms with Crippen molar-refractivity contribution in [2.75, 3.05) is 14.2 Å². The molecule has 0 aliphatic heterocycles. The summed E-state index contributed by atoms with van der Waals surface area (Å²) in [7, 11) is 2.95. The fourth-order valence-electron chi connectivity index (χ4n) is 2.07. The summed E-state index contributed by atoms with van der Waals surface area (Å²) in [5.74, 6) is -1.10. The third-order valence-electron chi connectivity index (χ3n) is 3.32. The number of aliphatic hydroxyl groups is 1. The lowest BCUT2D eigenvalue weighted by atomic mass is 9.99. The molecular formula is C16H16F2O3. The molecule has 0 spiro atoms. The number of hydrogen-bond donors (Lipinski definition) is 1. The van der Waals surface area contributed by atoms with E-state index in [9.17, 15) is 13.9 Å². The molecule has 21 heavy (non-hydrogen) atoms. The summed E-state index contributed by atoms with van der Waals surface area (Å²) in [4.78, 5) is 0. The fraction of sp³-hybridized carbons (Fsp3) is 0.250. The van der Waals surface area contributed by atoms with Crippen molar-refractivity contribution in [3.8, 4) is 11.5 Å². The van der Waals surface area contributed by atoms with Crippen molar-refractivity contribution in [1.82, 2.24) is 0 Å². The Morgan fingerprint density at radius 1 is 0.952 bits per heavy atom. The normalized spacial score (nSPS) is 12.1. The van der Waals surface area contributed by atoms with Crippen molar-refractivity contribution in [2.24, 2.45) is 0 Å². The summed E-state index contributed by atoms with van der Waals surface area (Å²) in [6.45, 7) is 1.46. The van der Waals surface area contributed by atoms with Gasteiger partial charge in [0.25, 0.3) is 0 Å². The molecule has 1 N–H and O–H groups in total. The van der Waals surface area contributed by atoms with Crippen LogP contribution in [-0.2, 0) is 0 Å². The highest BCUT2D eigenvalue weighted by Crippen LogP contribution is 2.33. The van der Waals surface area contributed by atoms with E-state index in [2.05, 4.69) is 0 Å². The Kier molecular flexibility index (Phi) is 4.43. The number of halogens is 2. The molecule has 1 unspecified atom stereocenters. The minimum absolute atomic E-state index is 0.120. The monoisotopic (exact) mass is 294 g/mol. The molecule has 0 amide bonds. The molecule has 0 aromatic heterocycles. The molecule has 0 aliphatic carbocycles. The Morgan fingerprint density at radius 3 is 2.24 bits per heavy atom. The molecule has 0 fully saturated rings. The topological polar surface area (TPSA) is 38.7 Å². The van der Waals surface area contributed by atoms with Crippen molar-refractivity contribution >= 4 is 0 Å². The first-order chi connectivity index (χ1) is 9.99. The van der Waals surface area contributed by atoms with E-state index < -0.39 is 17.7 Å². The summed E-state index contributed by atoms with van der Waals surface area (Å²) in [5.41, 5.74) is 0.455. The molecule has 0 aliphatic rings. The van der Waals surface area contributed by atoms with E-state index in [4.69, 9.17) is 9.47 Å². The lowest BCUT2D eigenvalue weighted by molar-refractivity contribution is 0.212. The fourth-order valence-corrected chi connectivity index (χ4v) is 2.07. The van der Waals surface area contributed by atoms with Crippen LogP contribution in [0.25, 0.3) is 0 Å². The zero-order chi connectivity index (χ0) is 15.6. The highest BCUT2D eigenvalue weighted by atomic mass is 19.2.